The molecule has 1 aliphatic rings. The third-order valence-electron chi connectivity index (χ3n) is 5.87. The van der Waals surface area contributed by atoms with E-state index < -0.39 is 6.10 Å². The monoisotopic (exact) mass is 479 g/mol. The van der Waals surface area contributed by atoms with Crippen LogP contribution in [0.4, 0.5) is 0 Å². The van der Waals surface area contributed by atoms with Gasteiger partial charge in [-0.25, -0.2) is 0 Å². The zero-order valence-electron chi connectivity index (χ0n) is 19.9. The highest BCUT2D eigenvalue weighted by molar-refractivity contribution is 8.01. The van der Waals surface area contributed by atoms with Crippen LogP contribution in [0, 0.1) is 11.3 Å². The van der Waals surface area contributed by atoms with Crippen molar-refractivity contribution in [3.63, 3.8) is 0 Å². The van der Waals surface area contributed by atoms with E-state index in [1.165, 1.54) is 25.0 Å². The third-order valence-corrected chi connectivity index (χ3v) is 6.78. The summed E-state index contributed by atoms with van der Waals surface area (Å²) in [7, 11) is 0. The molecule has 0 spiro atoms. The Morgan fingerprint density at radius 3 is 2.71 bits per heavy atom. The van der Waals surface area contributed by atoms with Gasteiger partial charge in [0.25, 0.3) is 0 Å². The largest absolute Gasteiger partial charge is 0.456 e. The number of rotatable bonds is 9. The molecule has 3 N–H and O–H groups in total. The minimum Gasteiger partial charge on any atom is -0.456 e. The number of nitrogens with one attached hydrogen (secondary N) is 1. The molecule has 3 rings (SSSR count). The molecule has 0 aliphatic carbocycles. The minimum atomic E-state index is -0.872. The maximum absolute atomic E-state index is 9.52. The molecule has 2 aromatic rings. The molecule has 1 aliphatic heterocycles. The highest BCUT2D eigenvalue weighted by atomic mass is 32.2. The lowest BCUT2D eigenvalue weighted by Gasteiger charge is -2.29. The number of likely N-dealkylation sites (tertiary alicyclic amines) is 1. The average Bonchev–Trinajstić information content (AvgIpc) is 3.36. The van der Waals surface area contributed by atoms with Gasteiger partial charge in [0.1, 0.15) is 22.5 Å². The quantitative estimate of drug-likeness (QED) is 0.375. The molecule has 0 saturated carbocycles. The molecule has 1 unspecified atom stereocenters. The van der Waals surface area contributed by atoms with Crippen LogP contribution in [-0.4, -0.2) is 47.5 Å². The Kier molecular flexibility index (Phi) is 9.61. The van der Waals surface area contributed by atoms with Crippen LogP contribution in [0.15, 0.2) is 51.4 Å². The van der Waals surface area contributed by atoms with Crippen molar-refractivity contribution in [3.05, 3.63) is 63.2 Å². The average molecular weight is 480 g/mol. The van der Waals surface area contributed by atoms with Crippen molar-refractivity contribution in [2.75, 3.05) is 26.2 Å². The second-order valence-electron chi connectivity index (χ2n) is 8.34. The summed E-state index contributed by atoms with van der Waals surface area (Å²) in [5.74, 6) is 1.31. The van der Waals surface area contributed by atoms with Gasteiger partial charge < -0.3 is 19.5 Å². The van der Waals surface area contributed by atoms with Crippen molar-refractivity contribution in [3.8, 4) is 17.4 Å². The number of benzene rings is 1. The van der Waals surface area contributed by atoms with Crippen LogP contribution < -0.4 is 15.2 Å². The number of aliphatic hydroxyl groups is 2. The number of nitrogens with zero attached hydrogens (tertiary/aromatic N) is 2. The van der Waals surface area contributed by atoms with Gasteiger partial charge in [-0.05, 0) is 79.8 Å². The van der Waals surface area contributed by atoms with Gasteiger partial charge in [-0.2, -0.15) is 5.26 Å². The van der Waals surface area contributed by atoms with Gasteiger partial charge in [0.15, 0.2) is 0 Å². The van der Waals surface area contributed by atoms with Crippen molar-refractivity contribution in [1.29, 1.82) is 5.26 Å². The lowest BCUT2D eigenvalue weighted by Crippen LogP contribution is -2.31. The summed E-state index contributed by atoms with van der Waals surface area (Å²) in [6.45, 7) is 10.2. The molecule has 180 valence electrons. The summed E-state index contributed by atoms with van der Waals surface area (Å²) < 4.78 is 8.96. The van der Waals surface area contributed by atoms with Crippen LogP contribution in [-0.2, 0) is 0 Å². The third kappa shape index (κ3) is 6.64. The predicted molar refractivity (Wildman–Crippen MR) is 139 cm³/mol. The van der Waals surface area contributed by atoms with Crippen molar-refractivity contribution in [1.82, 2.24) is 9.62 Å². The van der Waals surface area contributed by atoms with Gasteiger partial charge in [0.2, 0.25) is 0 Å². The number of aliphatic hydroxyl groups excluding tert-OH is 2. The Balaban J connectivity index is 1.79. The minimum absolute atomic E-state index is 0.172. The van der Waals surface area contributed by atoms with E-state index in [4.69, 9.17) is 9.52 Å². The van der Waals surface area contributed by atoms with Crippen LogP contribution in [0.3, 0.4) is 0 Å². The smallest absolute Gasteiger partial charge is 0.134 e. The molecule has 0 radical (unpaired) electrons. The van der Waals surface area contributed by atoms with Crippen LogP contribution in [0.25, 0.3) is 29.6 Å². The van der Waals surface area contributed by atoms with E-state index >= 15 is 0 Å². The van der Waals surface area contributed by atoms with E-state index in [-0.39, 0.29) is 13.2 Å². The molecule has 1 atom stereocenters. The van der Waals surface area contributed by atoms with Crippen LogP contribution in [0.2, 0.25) is 0 Å². The van der Waals surface area contributed by atoms with Gasteiger partial charge in [-0.1, -0.05) is 24.8 Å². The second kappa shape index (κ2) is 12.6. The van der Waals surface area contributed by atoms with E-state index in [0.29, 0.717) is 22.0 Å². The first-order valence-electron chi connectivity index (χ1n) is 11.6. The number of allylic oxidation sites excluding steroid dienone is 4. The van der Waals surface area contributed by atoms with Crippen molar-refractivity contribution in [2.24, 2.45) is 0 Å². The van der Waals surface area contributed by atoms with Crippen molar-refractivity contribution in [2.45, 2.75) is 39.2 Å². The Bertz CT molecular complexity index is 1190. The number of furan rings is 1. The summed E-state index contributed by atoms with van der Waals surface area (Å²) in [5.41, 5.74) is 2.86. The fourth-order valence-corrected chi connectivity index (χ4v) is 4.55. The molecule has 0 amide bonds. The fraction of sp³-hybridized carbons (Fsp3) is 0.370. The van der Waals surface area contributed by atoms with Crippen molar-refractivity contribution < 1.29 is 14.6 Å². The molecule has 0 bridgehead atoms. The molecular weight excluding hydrogens is 446 g/mol. The molecule has 6 nitrogen and oxygen atoms in total. The van der Waals surface area contributed by atoms with E-state index in [1.807, 2.05) is 31.2 Å². The Labute approximate surface area is 205 Å². The Morgan fingerprint density at radius 2 is 2.06 bits per heavy atom. The molecule has 7 heteroatoms. The fourth-order valence-electron chi connectivity index (χ4n) is 3.83. The van der Waals surface area contributed by atoms with Gasteiger partial charge in [0, 0.05) is 36.5 Å². The van der Waals surface area contributed by atoms with Crippen molar-refractivity contribution >= 4 is 30.2 Å². The summed E-state index contributed by atoms with van der Waals surface area (Å²) >= 11 is 1.11. The number of hydrogen-bond donors (Lipinski definition) is 3. The van der Waals surface area contributed by atoms with Gasteiger partial charge in [-0.3, -0.25) is 4.72 Å². The molecule has 34 heavy (non-hydrogen) atoms. The van der Waals surface area contributed by atoms with Crippen LogP contribution in [0.1, 0.15) is 38.9 Å². The first kappa shape index (κ1) is 25.9. The second-order valence-corrected chi connectivity index (χ2v) is 9.24. The van der Waals surface area contributed by atoms with Crippen LogP contribution >= 0.6 is 11.9 Å². The predicted octanol–water partition coefficient (Wildman–Crippen LogP) is 3.37. The number of piperidine rings is 1. The topological polar surface area (TPSA) is 92.7 Å². The SMILES string of the molecule is C=c1cc(-c2ccc(/C(C)=C(\C#N)SNCC(O)CO)o2)cc/c1=C/C(=C\C)N1CCCCC1. The molecule has 1 aromatic heterocycles. The maximum Gasteiger partial charge on any atom is 0.134 e. The van der Waals surface area contributed by atoms with Gasteiger partial charge >= 0.3 is 0 Å². The molecule has 1 saturated heterocycles. The number of nitriles is 1. The maximum atomic E-state index is 9.52. The molecular formula is C27H33N3O3S. The van der Waals surface area contributed by atoms with E-state index in [2.05, 4.69) is 47.4 Å². The highest BCUT2D eigenvalue weighted by Gasteiger charge is 2.13. The van der Waals surface area contributed by atoms with E-state index in [9.17, 15) is 10.4 Å². The van der Waals surface area contributed by atoms with Gasteiger partial charge in [-0.15, -0.1) is 0 Å². The summed E-state index contributed by atoms with van der Waals surface area (Å²) in [6, 6.07) is 12.0. The zero-order valence-corrected chi connectivity index (χ0v) is 20.7. The first-order valence-corrected chi connectivity index (χ1v) is 12.4. The summed E-state index contributed by atoms with van der Waals surface area (Å²) in [6.07, 6.45) is 7.28. The zero-order chi connectivity index (χ0) is 24.5. The molecule has 1 fully saturated rings. The molecule has 1 aromatic carbocycles. The van der Waals surface area contributed by atoms with E-state index in [0.717, 1.165) is 41.0 Å². The lowest BCUT2D eigenvalue weighted by atomic mass is 10.1. The molecule has 2 heterocycles. The van der Waals surface area contributed by atoms with Gasteiger partial charge in [0.05, 0.1) is 12.7 Å². The standard InChI is InChI=1S/C27H33N3O3S/c1-4-23(30-12-6-5-7-13-30)15-21-8-9-22(14-19(21)2)26-11-10-25(33-26)20(3)27(16-28)34-29-17-24(32)18-31/h4,8-11,14-15,24,29,31-32H,2,5-7,12-13,17-18H2,1,3H3/b21-15-,23-4+,27-20+. The first-order chi connectivity index (χ1) is 16.5. The highest BCUT2D eigenvalue weighted by Crippen LogP contribution is 2.29. The Hall–Kier alpha value is -2.76. The number of hydrogen-bond acceptors (Lipinski definition) is 7. The summed E-state index contributed by atoms with van der Waals surface area (Å²) in [5, 5.41) is 29.9. The van der Waals surface area contributed by atoms with Crippen LogP contribution in [0.5, 0.6) is 0 Å². The van der Waals surface area contributed by atoms with E-state index in [1.54, 1.807) is 0 Å². The normalized spacial score (nSPS) is 16.9. The Morgan fingerprint density at radius 1 is 1.29 bits per heavy atom. The lowest BCUT2D eigenvalue weighted by molar-refractivity contribution is 0.0994. The summed E-state index contributed by atoms with van der Waals surface area (Å²) in [4.78, 5) is 2.88.